The lowest BCUT2D eigenvalue weighted by Crippen LogP contribution is -2.37. The standard InChI is InChI=1S/C25H31ClN2O3/c1-31-19-24(29)28-17-9-5-3-2-4-8-16-27(18-21-10-6-7-11-23(21)28)25(30)20-12-14-22(26)15-13-20/h6-7,10-15H,2-5,8-9,16-19H2,1H3. The van der Waals surface area contributed by atoms with Crippen LogP contribution in [0.2, 0.25) is 5.02 Å². The molecule has 166 valence electrons. The van der Waals surface area contributed by atoms with Crippen molar-refractivity contribution in [3.05, 3.63) is 64.7 Å². The van der Waals surface area contributed by atoms with E-state index in [2.05, 4.69) is 0 Å². The first kappa shape index (κ1) is 23.3. The Kier molecular flexibility index (Phi) is 8.92. The predicted octanol–water partition coefficient (Wildman–Crippen LogP) is 5.32. The highest BCUT2D eigenvalue weighted by molar-refractivity contribution is 6.30. The number of para-hydroxylation sites is 1. The minimum atomic E-state index is -0.0552. The van der Waals surface area contributed by atoms with Gasteiger partial charge in [0.15, 0.2) is 0 Å². The Morgan fingerprint density at radius 2 is 1.55 bits per heavy atom. The fourth-order valence-electron chi connectivity index (χ4n) is 4.00. The fraction of sp³-hybridized carbons (Fsp3) is 0.440. The van der Waals surface area contributed by atoms with Gasteiger partial charge in [-0.1, -0.05) is 55.5 Å². The monoisotopic (exact) mass is 442 g/mol. The molecule has 0 aromatic heterocycles. The molecule has 31 heavy (non-hydrogen) atoms. The van der Waals surface area contributed by atoms with E-state index in [9.17, 15) is 9.59 Å². The molecular weight excluding hydrogens is 412 g/mol. The molecule has 0 radical (unpaired) electrons. The highest BCUT2D eigenvalue weighted by Gasteiger charge is 2.22. The van der Waals surface area contributed by atoms with Gasteiger partial charge in [-0.3, -0.25) is 9.59 Å². The van der Waals surface area contributed by atoms with Crippen molar-refractivity contribution in [3.63, 3.8) is 0 Å². The molecule has 2 amide bonds. The van der Waals surface area contributed by atoms with E-state index in [0.29, 0.717) is 30.2 Å². The molecule has 0 fully saturated rings. The third-order valence-corrected chi connectivity index (χ3v) is 5.90. The third kappa shape index (κ3) is 6.55. The van der Waals surface area contributed by atoms with E-state index in [4.69, 9.17) is 16.3 Å². The molecule has 2 aromatic rings. The summed E-state index contributed by atoms with van der Waals surface area (Å²) < 4.78 is 5.12. The summed E-state index contributed by atoms with van der Waals surface area (Å²) in [7, 11) is 1.54. The number of amides is 2. The number of hydrogen-bond acceptors (Lipinski definition) is 3. The number of ether oxygens (including phenoxy) is 1. The molecule has 1 aliphatic rings. The Morgan fingerprint density at radius 1 is 0.903 bits per heavy atom. The molecule has 0 saturated carbocycles. The van der Waals surface area contributed by atoms with Crippen molar-refractivity contribution in [2.75, 3.05) is 31.7 Å². The van der Waals surface area contributed by atoms with Gasteiger partial charge in [-0.05, 0) is 48.7 Å². The van der Waals surface area contributed by atoms with Crippen LogP contribution in [-0.4, -0.2) is 43.5 Å². The van der Waals surface area contributed by atoms with Crippen LogP contribution in [0.15, 0.2) is 48.5 Å². The molecule has 0 bridgehead atoms. The fourth-order valence-corrected chi connectivity index (χ4v) is 4.13. The molecule has 0 saturated heterocycles. The first-order valence-corrected chi connectivity index (χ1v) is 11.4. The minimum Gasteiger partial charge on any atom is -0.375 e. The van der Waals surface area contributed by atoms with Gasteiger partial charge in [-0.25, -0.2) is 0 Å². The maximum absolute atomic E-state index is 13.3. The Bertz CT molecular complexity index is 869. The van der Waals surface area contributed by atoms with Gasteiger partial charge in [-0.15, -0.1) is 0 Å². The summed E-state index contributed by atoms with van der Waals surface area (Å²) >= 11 is 6.00. The van der Waals surface area contributed by atoms with Gasteiger partial charge in [0.25, 0.3) is 11.8 Å². The minimum absolute atomic E-state index is 0.0175. The second-order valence-corrected chi connectivity index (χ2v) is 8.40. The van der Waals surface area contributed by atoms with Crippen molar-refractivity contribution in [2.45, 2.75) is 45.1 Å². The zero-order valence-electron chi connectivity index (χ0n) is 18.2. The van der Waals surface area contributed by atoms with Crippen molar-refractivity contribution < 1.29 is 14.3 Å². The van der Waals surface area contributed by atoms with Crippen LogP contribution in [-0.2, 0) is 16.1 Å². The maximum atomic E-state index is 13.3. The highest BCUT2D eigenvalue weighted by atomic mass is 35.5. The number of methoxy groups -OCH3 is 1. The van der Waals surface area contributed by atoms with Crippen LogP contribution in [0.1, 0.15) is 54.4 Å². The summed E-state index contributed by atoms with van der Waals surface area (Å²) in [6, 6.07) is 14.9. The van der Waals surface area contributed by atoms with Gasteiger partial charge < -0.3 is 14.5 Å². The van der Waals surface area contributed by atoms with Crippen LogP contribution in [0.4, 0.5) is 5.69 Å². The first-order valence-electron chi connectivity index (χ1n) is 11.0. The van der Waals surface area contributed by atoms with E-state index < -0.39 is 0 Å². The lowest BCUT2D eigenvalue weighted by Gasteiger charge is -2.28. The summed E-state index contributed by atoms with van der Waals surface area (Å²) in [4.78, 5) is 29.8. The largest absolute Gasteiger partial charge is 0.375 e. The number of benzene rings is 2. The molecule has 0 aliphatic carbocycles. The number of rotatable bonds is 3. The van der Waals surface area contributed by atoms with Crippen LogP contribution in [0.5, 0.6) is 0 Å². The van der Waals surface area contributed by atoms with Gasteiger partial charge >= 0.3 is 0 Å². The van der Waals surface area contributed by atoms with Crippen LogP contribution < -0.4 is 4.90 Å². The molecule has 0 spiro atoms. The van der Waals surface area contributed by atoms with E-state index in [1.165, 1.54) is 7.11 Å². The molecule has 5 nitrogen and oxygen atoms in total. The summed E-state index contributed by atoms with van der Waals surface area (Å²) in [6.07, 6.45) is 6.39. The van der Waals surface area contributed by atoms with Gasteiger partial charge in [0.1, 0.15) is 6.61 Å². The molecule has 0 atom stereocenters. The van der Waals surface area contributed by atoms with E-state index in [-0.39, 0.29) is 18.4 Å². The topological polar surface area (TPSA) is 49.9 Å². The molecule has 0 N–H and O–H groups in total. The second kappa shape index (κ2) is 11.9. The summed E-state index contributed by atoms with van der Waals surface area (Å²) in [6.45, 7) is 1.84. The first-order chi connectivity index (χ1) is 15.1. The van der Waals surface area contributed by atoms with Crippen LogP contribution in [0.25, 0.3) is 0 Å². The van der Waals surface area contributed by atoms with Crippen molar-refractivity contribution in [2.24, 2.45) is 0 Å². The number of halogens is 1. The predicted molar refractivity (Wildman–Crippen MR) is 125 cm³/mol. The molecule has 6 heteroatoms. The van der Waals surface area contributed by atoms with Crippen LogP contribution in [0, 0.1) is 0 Å². The zero-order valence-corrected chi connectivity index (χ0v) is 18.9. The summed E-state index contributed by atoms with van der Waals surface area (Å²) in [5, 5.41) is 0.610. The zero-order chi connectivity index (χ0) is 22.1. The highest BCUT2D eigenvalue weighted by Crippen LogP contribution is 2.25. The average molecular weight is 443 g/mol. The SMILES string of the molecule is COCC(=O)N1CCCCCCCCN(C(=O)c2ccc(Cl)cc2)Cc2ccccc21. The molecular formula is C25H31ClN2O3. The molecule has 1 aliphatic heterocycles. The van der Waals surface area contributed by atoms with E-state index in [1.54, 1.807) is 24.3 Å². The number of carbonyl (C=O) groups is 2. The third-order valence-electron chi connectivity index (χ3n) is 5.65. The lowest BCUT2D eigenvalue weighted by molar-refractivity contribution is -0.122. The molecule has 1 heterocycles. The van der Waals surface area contributed by atoms with Crippen molar-refractivity contribution in [3.8, 4) is 0 Å². The van der Waals surface area contributed by atoms with Gasteiger partial charge in [0.05, 0.1) is 0 Å². The number of anilines is 1. The van der Waals surface area contributed by atoms with Gasteiger partial charge in [0.2, 0.25) is 0 Å². The molecule has 3 rings (SSSR count). The average Bonchev–Trinajstić information content (AvgIpc) is 2.79. The number of carbonyl (C=O) groups excluding carboxylic acids is 2. The second-order valence-electron chi connectivity index (χ2n) is 7.96. The van der Waals surface area contributed by atoms with Crippen molar-refractivity contribution >= 4 is 29.1 Å². The summed E-state index contributed by atoms with van der Waals surface area (Å²) in [5.41, 5.74) is 2.45. The van der Waals surface area contributed by atoms with Gasteiger partial charge in [-0.2, -0.15) is 0 Å². The quantitative estimate of drug-likeness (QED) is 0.646. The van der Waals surface area contributed by atoms with E-state index in [1.807, 2.05) is 34.1 Å². The lowest BCUT2D eigenvalue weighted by atomic mass is 10.1. The Hall–Kier alpha value is -2.37. The summed E-state index contributed by atoms with van der Waals surface area (Å²) in [5.74, 6) is -0.0727. The van der Waals surface area contributed by atoms with Crippen LogP contribution in [0.3, 0.4) is 0 Å². The van der Waals surface area contributed by atoms with Crippen LogP contribution >= 0.6 is 11.6 Å². The van der Waals surface area contributed by atoms with E-state index in [0.717, 1.165) is 49.8 Å². The maximum Gasteiger partial charge on any atom is 0.254 e. The molecule has 0 unspecified atom stereocenters. The Morgan fingerprint density at radius 3 is 2.26 bits per heavy atom. The van der Waals surface area contributed by atoms with Gasteiger partial charge in [0, 0.05) is 43.0 Å². The Balaban J connectivity index is 1.93. The smallest absolute Gasteiger partial charge is 0.254 e. The van der Waals surface area contributed by atoms with Crippen molar-refractivity contribution in [1.82, 2.24) is 4.90 Å². The Labute approximate surface area is 189 Å². The number of hydrogen-bond donors (Lipinski definition) is 0. The number of fused-ring (bicyclic) bond motifs is 1. The van der Waals surface area contributed by atoms with E-state index >= 15 is 0 Å². The van der Waals surface area contributed by atoms with Crippen molar-refractivity contribution in [1.29, 1.82) is 0 Å². The normalized spacial score (nSPS) is 15.9. The number of nitrogens with zero attached hydrogens (tertiary/aromatic N) is 2. The molecule has 2 aromatic carbocycles.